The molecule has 0 aliphatic carbocycles. The summed E-state index contributed by atoms with van der Waals surface area (Å²) in [5.74, 6) is 0. The highest BCUT2D eigenvalue weighted by atomic mass is 32.2. The third kappa shape index (κ3) is 1.04. The van der Waals surface area contributed by atoms with Crippen LogP contribution in [-0.4, -0.2) is 13.2 Å². The average molecular weight is 192 g/mol. The predicted octanol–water partition coefficient (Wildman–Crippen LogP) is 2.31. The molecule has 5 heteroatoms. The fraction of sp³-hybridized carbons (Fsp3) is 0.400. The third-order valence-corrected chi connectivity index (χ3v) is 3.51. The van der Waals surface area contributed by atoms with Crippen LogP contribution in [0.3, 0.4) is 0 Å². The Kier molecular flexibility index (Phi) is 1.63. The largest absolute Gasteiger partial charge is 0.477 e. The normalized spacial score (nSPS) is 15.2. The molecule has 1 aliphatic heterocycles. The molecule has 0 saturated carbocycles. The van der Waals surface area contributed by atoms with Crippen molar-refractivity contribution in [1.29, 1.82) is 0 Å². The number of rotatable bonds is 0. The van der Waals surface area contributed by atoms with E-state index >= 15 is 0 Å². The molecule has 2 nitrogen and oxygen atoms in total. The van der Waals surface area contributed by atoms with Gasteiger partial charge in [0.1, 0.15) is 13.2 Å². The van der Waals surface area contributed by atoms with Crippen LogP contribution in [0.5, 0.6) is 10.1 Å². The van der Waals surface area contributed by atoms with Crippen molar-refractivity contribution in [1.82, 2.24) is 0 Å². The minimum Gasteiger partial charge on any atom is -0.477 e. The summed E-state index contributed by atoms with van der Waals surface area (Å²) in [5.41, 5.74) is 0. The number of hydrogen-bond acceptors (Lipinski definition) is 5. The summed E-state index contributed by atoms with van der Waals surface area (Å²) in [6.45, 7) is 1.30. The highest BCUT2D eigenvalue weighted by Crippen LogP contribution is 2.41. The molecule has 2 heterocycles. The summed E-state index contributed by atoms with van der Waals surface area (Å²) >= 11 is 7.91. The molecule has 0 fully saturated rings. The van der Waals surface area contributed by atoms with Crippen LogP contribution in [0.25, 0.3) is 0 Å². The van der Waals surface area contributed by atoms with E-state index in [1.165, 1.54) is 22.7 Å². The standard InChI is InChI=1S/C5H4O2S3/c8-5-9-3-4(10-5)7-2-1-6-3/h1-2H2. The van der Waals surface area contributed by atoms with E-state index in [2.05, 4.69) is 0 Å². The Bertz CT molecular complexity index is 261. The Morgan fingerprint density at radius 2 is 1.60 bits per heavy atom. The first kappa shape index (κ1) is 6.57. The quantitative estimate of drug-likeness (QED) is 0.588. The fourth-order valence-electron chi connectivity index (χ4n) is 0.701. The lowest BCUT2D eigenvalue weighted by atomic mass is 10.7. The molecule has 0 aromatic carbocycles. The monoisotopic (exact) mass is 192 g/mol. The van der Waals surface area contributed by atoms with Crippen LogP contribution in [0.15, 0.2) is 0 Å². The second-order valence-electron chi connectivity index (χ2n) is 1.73. The number of hydrogen-bond donors (Lipinski definition) is 0. The molecular formula is C5H4O2S3. The summed E-state index contributed by atoms with van der Waals surface area (Å²) in [6, 6.07) is 0. The third-order valence-electron chi connectivity index (χ3n) is 1.07. The van der Waals surface area contributed by atoms with Gasteiger partial charge in [0.15, 0.2) is 3.14 Å². The zero-order chi connectivity index (χ0) is 6.97. The topological polar surface area (TPSA) is 18.5 Å². The fourth-order valence-corrected chi connectivity index (χ4v) is 2.90. The highest BCUT2D eigenvalue weighted by molar-refractivity contribution is 7.76. The molecule has 0 amide bonds. The van der Waals surface area contributed by atoms with Crippen LogP contribution in [0.2, 0.25) is 0 Å². The van der Waals surface area contributed by atoms with Gasteiger partial charge in [-0.2, -0.15) is 0 Å². The molecule has 10 heavy (non-hydrogen) atoms. The minimum atomic E-state index is 0.648. The molecule has 1 aromatic rings. The lowest BCUT2D eigenvalue weighted by molar-refractivity contribution is 0.183. The van der Waals surface area contributed by atoms with E-state index in [-0.39, 0.29) is 0 Å². The van der Waals surface area contributed by atoms with Crippen molar-refractivity contribution in [3.05, 3.63) is 3.14 Å². The van der Waals surface area contributed by atoms with Gasteiger partial charge in [-0.05, 0) is 0 Å². The molecule has 0 atom stereocenters. The smallest absolute Gasteiger partial charge is 0.230 e. The van der Waals surface area contributed by atoms with Crippen LogP contribution in [0.1, 0.15) is 0 Å². The maximum Gasteiger partial charge on any atom is 0.230 e. The molecule has 1 aliphatic rings. The van der Waals surface area contributed by atoms with E-state index in [0.717, 1.165) is 13.3 Å². The maximum absolute atomic E-state index is 5.28. The number of ether oxygens (including phenoxy) is 2. The van der Waals surface area contributed by atoms with E-state index in [0.29, 0.717) is 13.2 Å². The maximum atomic E-state index is 5.28. The minimum absolute atomic E-state index is 0.648. The van der Waals surface area contributed by atoms with Crippen molar-refractivity contribution < 1.29 is 9.47 Å². The van der Waals surface area contributed by atoms with Gasteiger partial charge in [-0.3, -0.25) is 0 Å². The van der Waals surface area contributed by atoms with Gasteiger partial charge in [-0.1, -0.05) is 34.9 Å². The van der Waals surface area contributed by atoms with Crippen LogP contribution in [0, 0.1) is 3.14 Å². The zero-order valence-corrected chi connectivity index (χ0v) is 7.40. The molecule has 0 saturated heterocycles. The molecule has 0 radical (unpaired) electrons. The summed E-state index contributed by atoms with van der Waals surface area (Å²) < 4.78 is 11.4. The lowest BCUT2D eigenvalue weighted by Gasteiger charge is -2.11. The predicted molar refractivity (Wildman–Crippen MR) is 44.0 cm³/mol. The molecule has 2 rings (SSSR count). The van der Waals surface area contributed by atoms with E-state index < -0.39 is 0 Å². The molecule has 54 valence electrons. The van der Waals surface area contributed by atoms with Crippen molar-refractivity contribution in [2.75, 3.05) is 13.2 Å². The summed E-state index contributed by atoms with van der Waals surface area (Å²) in [4.78, 5) is 0. The van der Waals surface area contributed by atoms with Gasteiger partial charge in [0.25, 0.3) is 0 Å². The van der Waals surface area contributed by atoms with E-state index in [9.17, 15) is 0 Å². The van der Waals surface area contributed by atoms with E-state index in [4.69, 9.17) is 21.7 Å². The Morgan fingerprint density at radius 3 is 2.10 bits per heavy atom. The number of fused-ring (bicyclic) bond motifs is 1. The summed E-state index contributed by atoms with van der Waals surface area (Å²) in [5, 5.41) is 1.70. The van der Waals surface area contributed by atoms with Gasteiger partial charge in [0, 0.05) is 0 Å². The first-order valence-corrected chi connectivity index (χ1v) is 4.80. The Labute approximate surface area is 71.0 Å². The second-order valence-corrected chi connectivity index (χ2v) is 4.88. The van der Waals surface area contributed by atoms with Gasteiger partial charge >= 0.3 is 0 Å². The SMILES string of the molecule is S=c1sc2c(s1)OCCO2. The molecule has 0 spiro atoms. The highest BCUT2D eigenvalue weighted by Gasteiger charge is 2.14. The molecular weight excluding hydrogens is 188 g/mol. The van der Waals surface area contributed by atoms with Crippen LogP contribution >= 0.6 is 34.9 Å². The Hall–Kier alpha value is -0.130. The molecule has 1 aromatic heterocycles. The van der Waals surface area contributed by atoms with Gasteiger partial charge in [-0.25, -0.2) is 0 Å². The first-order valence-electron chi connectivity index (χ1n) is 2.76. The van der Waals surface area contributed by atoms with Crippen molar-refractivity contribution in [2.24, 2.45) is 0 Å². The van der Waals surface area contributed by atoms with Crippen molar-refractivity contribution >= 4 is 34.9 Å². The molecule has 0 bridgehead atoms. The Morgan fingerprint density at radius 1 is 1.10 bits per heavy atom. The molecule has 0 N–H and O–H groups in total. The van der Waals surface area contributed by atoms with E-state index in [1.807, 2.05) is 0 Å². The lowest BCUT2D eigenvalue weighted by Crippen LogP contribution is -2.12. The van der Waals surface area contributed by atoms with Crippen molar-refractivity contribution in [3.63, 3.8) is 0 Å². The van der Waals surface area contributed by atoms with Gasteiger partial charge in [0.05, 0.1) is 0 Å². The molecule has 0 unspecified atom stereocenters. The van der Waals surface area contributed by atoms with E-state index in [1.54, 1.807) is 0 Å². The van der Waals surface area contributed by atoms with Crippen LogP contribution < -0.4 is 9.47 Å². The van der Waals surface area contributed by atoms with Crippen LogP contribution in [0.4, 0.5) is 0 Å². The summed E-state index contributed by atoms with van der Waals surface area (Å²) in [7, 11) is 0. The van der Waals surface area contributed by atoms with Gasteiger partial charge in [-0.15, -0.1) is 0 Å². The van der Waals surface area contributed by atoms with Crippen LogP contribution in [-0.2, 0) is 0 Å². The van der Waals surface area contributed by atoms with Gasteiger partial charge in [0.2, 0.25) is 10.1 Å². The first-order chi connectivity index (χ1) is 4.86. The summed E-state index contributed by atoms with van der Waals surface area (Å²) in [6.07, 6.45) is 0. The van der Waals surface area contributed by atoms with Gasteiger partial charge < -0.3 is 9.47 Å². The average Bonchev–Trinajstić information content (AvgIpc) is 2.27. The second kappa shape index (κ2) is 2.48. The zero-order valence-electron chi connectivity index (χ0n) is 4.96. The van der Waals surface area contributed by atoms with Crippen molar-refractivity contribution in [3.8, 4) is 10.1 Å². The Balaban J connectivity index is 2.50. The van der Waals surface area contributed by atoms with Crippen molar-refractivity contribution in [2.45, 2.75) is 0 Å².